The van der Waals surface area contributed by atoms with Gasteiger partial charge in [0.05, 0.1) is 11.1 Å². The van der Waals surface area contributed by atoms with Crippen molar-refractivity contribution in [2.24, 2.45) is 0 Å². The van der Waals surface area contributed by atoms with E-state index in [1.165, 1.54) is 12.8 Å². The summed E-state index contributed by atoms with van der Waals surface area (Å²) >= 11 is 6.11. The second-order valence-corrected chi connectivity index (χ2v) is 4.99. The van der Waals surface area contributed by atoms with Crippen molar-refractivity contribution in [3.8, 4) is 5.75 Å². The molecule has 0 amide bonds. The minimum atomic E-state index is -0.484. The smallest absolute Gasteiger partial charge is 0.138 e. The van der Waals surface area contributed by atoms with Crippen LogP contribution in [0.5, 0.6) is 5.75 Å². The van der Waals surface area contributed by atoms with Gasteiger partial charge in [0.15, 0.2) is 0 Å². The van der Waals surface area contributed by atoms with E-state index < -0.39 is 6.10 Å². The minimum Gasteiger partial charge on any atom is -0.489 e. The number of nitrogens with one attached hydrogen (secondary N) is 1. The highest BCUT2D eigenvalue weighted by atomic mass is 35.5. The SMILES string of the molecule is CC(O)COc1ccc(CNC2CC2)cc1Cl. The van der Waals surface area contributed by atoms with Gasteiger partial charge in [0.1, 0.15) is 12.4 Å². The van der Waals surface area contributed by atoms with E-state index in [0.29, 0.717) is 16.8 Å². The van der Waals surface area contributed by atoms with E-state index in [1.807, 2.05) is 18.2 Å². The number of ether oxygens (including phenoxy) is 1. The molecule has 17 heavy (non-hydrogen) atoms. The van der Waals surface area contributed by atoms with E-state index in [4.69, 9.17) is 21.4 Å². The fourth-order valence-corrected chi connectivity index (χ4v) is 1.79. The van der Waals surface area contributed by atoms with Gasteiger partial charge in [-0.2, -0.15) is 0 Å². The Hall–Kier alpha value is -0.770. The number of rotatable bonds is 6. The molecule has 0 radical (unpaired) electrons. The average Bonchev–Trinajstić information content (AvgIpc) is 3.08. The second kappa shape index (κ2) is 5.71. The van der Waals surface area contributed by atoms with Gasteiger partial charge in [0.2, 0.25) is 0 Å². The number of halogens is 1. The molecule has 0 aromatic heterocycles. The Morgan fingerprint density at radius 1 is 1.53 bits per heavy atom. The van der Waals surface area contributed by atoms with Crippen LogP contribution in [-0.2, 0) is 6.54 Å². The predicted molar refractivity (Wildman–Crippen MR) is 68.5 cm³/mol. The van der Waals surface area contributed by atoms with Crippen LogP contribution in [-0.4, -0.2) is 23.9 Å². The monoisotopic (exact) mass is 255 g/mol. The van der Waals surface area contributed by atoms with Crippen LogP contribution < -0.4 is 10.1 Å². The maximum absolute atomic E-state index is 9.13. The first-order chi connectivity index (χ1) is 8.15. The third-order valence-electron chi connectivity index (χ3n) is 2.65. The van der Waals surface area contributed by atoms with E-state index in [0.717, 1.165) is 12.1 Å². The van der Waals surface area contributed by atoms with Gasteiger partial charge in [0, 0.05) is 12.6 Å². The molecule has 0 saturated heterocycles. The van der Waals surface area contributed by atoms with Crippen molar-refractivity contribution >= 4 is 11.6 Å². The summed E-state index contributed by atoms with van der Waals surface area (Å²) in [5.41, 5.74) is 1.16. The molecule has 1 saturated carbocycles. The van der Waals surface area contributed by atoms with E-state index >= 15 is 0 Å². The third kappa shape index (κ3) is 4.19. The lowest BCUT2D eigenvalue weighted by atomic mass is 10.2. The van der Waals surface area contributed by atoms with Crippen molar-refractivity contribution in [3.05, 3.63) is 28.8 Å². The molecule has 1 aliphatic carbocycles. The highest BCUT2D eigenvalue weighted by molar-refractivity contribution is 6.32. The van der Waals surface area contributed by atoms with E-state index in [9.17, 15) is 0 Å². The van der Waals surface area contributed by atoms with Crippen LogP contribution >= 0.6 is 11.6 Å². The molecule has 4 heteroatoms. The molecule has 1 aromatic carbocycles. The van der Waals surface area contributed by atoms with Gasteiger partial charge < -0.3 is 15.2 Å². The summed E-state index contributed by atoms with van der Waals surface area (Å²) in [6.45, 7) is 2.79. The summed E-state index contributed by atoms with van der Waals surface area (Å²) in [6, 6.07) is 6.46. The first kappa shape index (κ1) is 12.7. The van der Waals surface area contributed by atoms with Gasteiger partial charge in [-0.1, -0.05) is 17.7 Å². The Morgan fingerprint density at radius 2 is 2.29 bits per heavy atom. The lowest BCUT2D eigenvalue weighted by Gasteiger charge is -2.11. The van der Waals surface area contributed by atoms with Crippen LogP contribution in [0.25, 0.3) is 0 Å². The number of aliphatic hydroxyl groups is 1. The van der Waals surface area contributed by atoms with Crippen molar-refractivity contribution in [2.45, 2.75) is 38.5 Å². The predicted octanol–water partition coefficient (Wildman–Crippen LogP) is 2.35. The standard InChI is InChI=1S/C13H18ClNO2/c1-9(16)8-17-13-5-2-10(6-12(13)14)7-15-11-3-4-11/h2,5-6,9,11,15-16H,3-4,7-8H2,1H3. The Morgan fingerprint density at radius 3 is 2.88 bits per heavy atom. The molecule has 3 nitrogen and oxygen atoms in total. The first-order valence-electron chi connectivity index (χ1n) is 5.98. The normalized spacial score (nSPS) is 16.9. The zero-order valence-electron chi connectivity index (χ0n) is 9.95. The molecule has 1 aromatic rings. The first-order valence-corrected chi connectivity index (χ1v) is 6.35. The zero-order chi connectivity index (χ0) is 12.3. The molecule has 1 unspecified atom stereocenters. The highest BCUT2D eigenvalue weighted by Gasteiger charge is 2.20. The Balaban J connectivity index is 1.90. The molecule has 0 heterocycles. The summed E-state index contributed by atoms with van der Waals surface area (Å²) < 4.78 is 5.39. The minimum absolute atomic E-state index is 0.263. The van der Waals surface area contributed by atoms with Crippen LogP contribution in [0, 0.1) is 0 Å². The topological polar surface area (TPSA) is 41.5 Å². The van der Waals surface area contributed by atoms with Crippen molar-refractivity contribution in [1.82, 2.24) is 5.32 Å². The Kier molecular flexibility index (Phi) is 4.26. The summed E-state index contributed by atoms with van der Waals surface area (Å²) in [5.74, 6) is 0.628. The van der Waals surface area contributed by atoms with Crippen LogP contribution in [0.3, 0.4) is 0 Å². The van der Waals surface area contributed by atoms with Gasteiger partial charge in [-0.25, -0.2) is 0 Å². The number of hydrogen-bond acceptors (Lipinski definition) is 3. The summed E-state index contributed by atoms with van der Waals surface area (Å²) in [7, 11) is 0. The molecule has 1 aliphatic rings. The fourth-order valence-electron chi connectivity index (χ4n) is 1.53. The lowest BCUT2D eigenvalue weighted by Crippen LogP contribution is -2.15. The van der Waals surface area contributed by atoms with Crippen LogP contribution in [0.15, 0.2) is 18.2 Å². The molecule has 2 N–H and O–H groups in total. The number of benzene rings is 1. The van der Waals surface area contributed by atoms with Crippen LogP contribution in [0.1, 0.15) is 25.3 Å². The lowest BCUT2D eigenvalue weighted by molar-refractivity contribution is 0.123. The summed E-state index contributed by atoms with van der Waals surface area (Å²) in [4.78, 5) is 0. The average molecular weight is 256 g/mol. The van der Waals surface area contributed by atoms with Crippen LogP contribution in [0.2, 0.25) is 5.02 Å². The van der Waals surface area contributed by atoms with Gasteiger partial charge in [0.25, 0.3) is 0 Å². The van der Waals surface area contributed by atoms with Gasteiger partial charge >= 0.3 is 0 Å². The molecule has 0 spiro atoms. The molecular formula is C13H18ClNO2. The fraction of sp³-hybridized carbons (Fsp3) is 0.538. The van der Waals surface area contributed by atoms with E-state index in [1.54, 1.807) is 6.92 Å². The largest absolute Gasteiger partial charge is 0.489 e. The molecular weight excluding hydrogens is 238 g/mol. The summed E-state index contributed by atoms with van der Waals surface area (Å²) in [6.07, 6.45) is 2.08. The summed E-state index contributed by atoms with van der Waals surface area (Å²) in [5, 5.41) is 13.2. The van der Waals surface area contributed by atoms with Gasteiger partial charge in [-0.3, -0.25) is 0 Å². The zero-order valence-corrected chi connectivity index (χ0v) is 10.7. The molecule has 1 atom stereocenters. The van der Waals surface area contributed by atoms with Crippen molar-refractivity contribution in [2.75, 3.05) is 6.61 Å². The second-order valence-electron chi connectivity index (χ2n) is 4.58. The molecule has 0 aliphatic heterocycles. The van der Waals surface area contributed by atoms with Crippen LogP contribution in [0.4, 0.5) is 0 Å². The molecule has 0 bridgehead atoms. The van der Waals surface area contributed by atoms with E-state index in [-0.39, 0.29) is 6.61 Å². The third-order valence-corrected chi connectivity index (χ3v) is 2.94. The van der Waals surface area contributed by atoms with Gasteiger partial charge in [-0.15, -0.1) is 0 Å². The maximum atomic E-state index is 9.13. The quantitative estimate of drug-likeness (QED) is 0.820. The highest BCUT2D eigenvalue weighted by Crippen LogP contribution is 2.26. The van der Waals surface area contributed by atoms with Gasteiger partial charge in [-0.05, 0) is 37.5 Å². The maximum Gasteiger partial charge on any atom is 0.138 e. The van der Waals surface area contributed by atoms with Crippen molar-refractivity contribution in [1.29, 1.82) is 0 Å². The number of aliphatic hydroxyl groups excluding tert-OH is 1. The number of hydrogen-bond donors (Lipinski definition) is 2. The van der Waals surface area contributed by atoms with E-state index in [2.05, 4.69) is 5.32 Å². The van der Waals surface area contributed by atoms with Crippen molar-refractivity contribution in [3.63, 3.8) is 0 Å². The van der Waals surface area contributed by atoms with Crippen molar-refractivity contribution < 1.29 is 9.84 Å². The molecule has 94 valence electrons. The molecule has 2 rings (SSSR count). The Labute approximate surface area is 107 Å². The Bertz CT molecular complexity index is 378. The molecule has 1 fully saturated rings.